The molecule has 2 aliphatic rings. The number of likely N-dealkylation sites (tertiary alicyclic amines) is 2. The second-order valence-corrected chi connectivity index (χ2v) is 16.3. The van der Waals surface area contributed by atoms with Crippen molar-refractivity contribution in [2.45, 2.75) is 77.5 Å². The zero-order chi connectivity index (χ0) is 42.4. The topological polar surface area (TPSA) is 220 Å². The van der Waals surface area contributed by atoms with Gasteiger partial charge in [-0.3, -0.25) is 14.4 Å². The van der Waals surface area contributed by atoms with Crippen LogP contribution in [0.4, 0.5) is 4.79 Å². The number of methoxy groups -OCH3 is 1. The van der Waals surface area contributed by atoms with E-state index in [4.69, 9.17) is 9.15 Å². The number of hydrogen-bond acceptors (Lipinski definition) is 10. The predicted molar refractivity (Wildman–Crippen MR) is 222 cm³/mol. The third kappa shape index (κ3) is 7.37. The number of nitrogens with one attached hydrogen (secondary N) is 4. The minimum Gasteiger partial charge on any atom is -0.453 e. The normalized spacial score (nSPS) is 17.9. The SMILES string of the molecule is COC(=O)N[C@H](C(=O)N1CCC[C@H]1c1ncc(-c2ccc3c(c2)oc(=O)n2c4ccc(-c5cnc([C@@H]6CCCN6C(=O)[C@@H](NC(=O)CO)C(C)C)[nH]5)cc4cc32)[nH]1)C(C)C. The van der Waals surface area contributed by atoms with Crippen LogP contribution in [-0.4, -0.2) is 102 Å². The quantitative estimate of drug-likeness (QED) is 0.120. The summed E-state index contributed by atoms with van der Waals surface area (Å²) in [6.07, 6.45) is 5.79. The number of aliphatic hydroxyl groups is 1. The smallest absolute Gasteiger partial charge is 0.424 e. The van der Waals surface area contributed by atoms with Gasteiger partial charge in [0.05, 0.1) is 54.0 Å². The van der Waals surface area contributed by atoms with Gasteiger partial charge in [-0.2, -0.15) is 0 Å². The molecule has 0 bridgehead atoms. The van der Waals surface area contributed by atoms with Crippen molar-refractivity contribution in [3.05, 3.63) is 77.1 Å². The predicted octanol–water partition coefficient (Wildman–Crippen LogP) is 4.82. The minimum atomic E-state index is -0.765. The molecule has 2 fully saturated rings. The molecule has 314 valence electrons. The van der Waals surface area contributed by atoms with Gasteiger partial charge in [-0.15, -0.1) is 0 Å². The molecule has 6 heterocycles. The number of ether oxygens (including phenoxy) is 1. The Bertz CT molecular complexity index is 2670. The summed E-state index contributed by atoms with van der Waals surface area (Å²) >= 11 is 0. The molecular weight excluding hydrogens is 771 g/mol. The molecule has 17 nitrogen and oxygen atoms in total. The highest BCUT2D eigenvalue weighted by atomic mass is 16.5. The van der Waals surface area contributed by atoms with E-state index in [1.807, 2.05) is 64.1 Å². The Morgan fingerprint density at radius 2 is 1.38 bits per heavy atom. The summed E-state index contributed by atoms with van der Waals surface area (Å²) in [6.45, 7) is 7.83. The van der Waals surface area contributed by atoms with Gasteiger partial charge in [0.1, 0.15) is 35.9 Å². The molecule has 2 aromatic carbocycles. The van der Waals surface area contributed by atoms with Gasteiger partial charge >= 0.3 is 11.8 Å². The molecule has 4 atom stereocenters. The number of imidazole rings is 2. The van der Waals surface area contributed by atoms with E-state index in [0.717, 1.165) is 40.4 Å². The van der Waals surface area contributed by atoms with Crippen molar-refractivity contribution < 1.29 is 33.4 Å². The van der Waals surface area contributed by atoms with Crippen molar-refractivity contribution in [1.82, 2.24) is 44.8 Å². The van der Waals surface area contributed by atoms with Gasteiger partial charge in [0.15, 0.2) is 0 Å². The maximum atomic E-state index is 13.6. The number of alkyl carbamates (subject to hydrolysis) is 1. The molecule has 0 unspecified atom stereocenters. The molecule has 4 aromatic heterocycles. The molecule has 17 heteroatoms. The number of fused-ring (bicyclic) bond motifs is 5. The molecule has 60 heavy (non-hydrogen) atoms. The molecule has 8 rings (SSSR count). The summed E-state index contributed by atoms with van der Waals surface area (Å²) in [5, 5.41) is 16.2. The number of nitrogens with zero attached hydrogens (tertiary/aromatic N) is 5. The lowest BCUT2D eigenvalue weighted by Crippen LogP contribution is -2.51. The monoisotopic (exact) mass is 819 g/mol. The van der Waals surface area contributed by atoms with Crippen LogP contribution in [-0.2, 0) is 19.1 Å². The van der Waals surface area contributed by atoms with Crippen molar-refractivity contribution in [1.29, 1.82) is 0 Å². The second kappa shape index (κ2) is 16.3. The van der Waals surface area contributed by atoms with Gasteiger partial charge in [-0.05, 0) is 67.9 Å². The number of aliphatic hydroxyl groups excluding tert-OH is 1. The fraction of sp³-hybridized carbons (Fsp3) is 0.419. The fourth-order valence-electron chi connectivity index (χ4n) is 8.63. The lowest BCUT2D eigenvalue weighted by molar-refractivity contribution is -0.139. The third-order valence-electron chi connectivity index (χ3n) is 11.7. The standard InChI is InChI=1S/C43H49N9O8/c1-22(2)36(48-35(54)21-53)40(55)50-14-6-8-31(50)38-44-19-28(46-38)24-11-13-30-26(16-24)17-33-27-12-10-25(18-34(27)60-43(58)52(30)33)29-20-45-39(47-29)32-9-7-15-51(32)41(56)37(23(3)4)49-42(57)59-5/h10-13,16-20,22-23,31-32,36-37,53H,6-9,14-15,21H2,1-5H3,(H,44,46)(H,45,47)(H,48,54)(H,49,57)/t31-,32-,36-,37-/m0/s1. The van der Waals surface area contributed by atoms with E-state index in [0.29, 0.717) is 59.9 Å². The van der Waals surface area contributed by atoms with Crippen LogP contribution in [0.5, 0.6) is 0 Å². The number of rotatable bonds is 11. The van der Waals surface area contributed by atoms with Gasteiger partial charge in [-0.1, -0.05) is 39.8 Å². The van der Waals surface area contributed by atoms with Crippen LogP contribution in [0.1, 0.15) is 77.1 Å². The molecule has 6 aromatic rings. The number of H-pyrrole nitrogens is 2. The Kier molecular flexibility index (Phi) is 10.9. The van der Waals surface area contributed by atoms with Gasteiger partial charge in [0.25, 0.3) is 0 Å². The maximum Gasteiger partial charge on any atom is 0.424 e. The number of aromatic nitrogens is 5. The Labute approximate surface area is 344 Å². The van der Waals surface area contributed by atoms with E-state index in [1.54, 1.807) is 32.7 Å². The minimum absolute atomic E-state index is 0.150. The van der Waals surface area contributed by atoms with Crippen LogP contribution in [0.15, 0.2) is 64.1 Å². The summed E-state index contributed by atoms with van der Waals surface area (Å²) < 4.78 is 12.2. The number of amides is 4. The first-order valence-corrected chi connectivity index (χ1v) is 20.3. The van der Waals surface area contributed by atoms with Crippen LogP contribution in [0.25, 0.3) is 49.9 Å². The number of benzene rings is 2. The number of carbonyl (C=O) groups is 4. The van der Waals surface area contributed by atoms with Gasteiger partial charge < -0.3 is 44.7 Å². The van der Waals surface area contributed by atoms with Gasteiger partial charge in [0, 0.05) is 35.0 Å². The summed E-state index contributed by atoms with van der Waals surface area (Å²) in [6, 6.07) is 11.3. The fourth-order valence-corrected chi connectivity index (χ4v) is 8.63. The van der Waals surface area contributed by atoms with Gasteiger partial charge in [-0.25, -0.2) is 24.0 Å². The maximum absolute atomic E-state index is 13.6. The first-order valence-electron chi connectivity index (χ1n) is 20.3. The van der Waals surface area contributed by atoms with Gasteiger partial charge in [0.2, 0.25) is 17.7 Å². The van der Waals surface area contributed by atoms with Crippen molar-refractivity contribution in [2.24, 2.45) is 11.8 Å². The molecule has 2 aliphatic heterocycles. The Morgan fingerprint density at radius 3 is 1.95 bits per heavy atom. The van der Waals surface area contributed by atoms with Crippen LogP contribution in [0.3, 0.4) is 0 Å². The molecule has 0 radical (unpaired) electrons. The molecule has 0 aliphatic carbocycles. The average molecular weight is 820 g/mol. The highest BCUT2D eigenvalue weighted by molar-refractivity contribution is 6.01. The number of hydrogen-bond donors (Lipinski definition) is 5. The Hall–Kier alpha value is -6.49. The van der Waals surface area contributed by atoms with Crippen molar-refractivity contribution in [3.63, 3.8) is 0 Å². The second-order valence-electron chi connectivity index (χ2n) is 16.3. The molecule has 0 spiro atoms. The third-order valence-corrected chi connectivity index (χ3v) is 11.7. The summed E-state index contributed by atoms with van der Waals surface area (Å²) in [5.74, 6) is -0.585. The molecule has 4 amide bonds. The van der Waals surface area contributed by atoms with Crippen LogP contribution in [0, 0.1) is 11.8 Å². The number of aromatic amines is 2. The molecule has 2 saturated heterocycles. The summed E-state index contributed by atoms with van der Waals surface area (Å²) in [5.41, 5.74) is 4.81. The van der Waals surface area contributed by atoms with E-state index >= 15 is 0 Å². The highest BCUT2D eigenvalue weighted by Crippen LogP contribution is 2.36. The first kappa shape index (κ1) is 40.3. The zero-order valence-electron chi connectivity index (χ0n) is 34.2. The average Bonchev–Trinajstić information content (AvgIpc) is 4.09. The Balaban J connectivity index is 1.04. The van der Waals surface area contributed by atoms with E-state index in [9.17, 15) is 29.1 Å². The highest BCUT2D eigenvalue weighted by Gasteiger charge is 2.39. The van der Waals surface area contributed by atoms with Crippen molar-refractivity contribution >= 4 is 51.2 Å². The lowest BCUT2D eigenvalue weighted by Gasteiger charge is -2.30. The molecule has 5 N–H and O–H groups in total. The zero-order valence-corrected chi connectivity index (χ0v) is 34.2. The van der Waals surface area contributed by atoms with E-state index < -0.39 is 36.4 Å². The van der Waals surface area contributed by atoms with Crippen LogP contribution in [0.2, 0.25) is 0 Å². The first-order chi connectivity index (χ1) is 28.9. The number of carbonyl (C=O) groups excluding carboxylic acids is 4. The van der Waals surface area contributed by atoms with Crippen LogP contribution < -0.4 is 16.4 Å². The molecule has 0 saturated carbocycles. The summed E-state index contributed by atoms with van der Waals surface area (Å²) in [7, 11) is 1.27. The largest absolute Gasteiger partial charge is 0.453 e. The lowest BCUT2D eigenvalue weighted by atomic mass is 10.0. The van der Waals surface area contributed by atoms with Crippen molar-refractivity contribution in [2.75, 3.05) is 26.8 Å². The Morgan fingerprint density at radius 1 is 0.817 bits per heavy atom. The van der Waals surface area contributed by atoms with E-state index in [2.05, 4.69) is 30.6 Å². The molecular formula is C43H49N9O8. The summed E-state index contributed by atoms with van der Waals surface area (Å²) in [4.78, 5) is 84.4. The van der Waals surface area contributed by atoms with Crippen molar-refractivity contribution in [3.8, 4) is 22.5 Å². The van der Waals surface area contributed by atoms with E-state index in [1.165, 1.54) is 7.11 Å². The van der Waals surface area contributed by atoms with E-state index in [-0.39, 0.29) is 35.7 Å². The van der Waals surface area contributed by atoms with Crippen LogP contribution >= 0.6 is 0 Å².